The van der Waals surface area contributed by atoms with Crippen molar-refractivity contribution >= 4 is 22.7 Å². The largest absolute Gasteiger partial charge is 0.317 e. The lowest BCUT2D eigenvalue weighted by atomic mass is 9.88. The summed E-state index contributed by atoms with van der Waals surface area (Å²) >= 11 is 0. The first kappa shape index (κ1) is 16.5. The molecule has 4 heteroatoms. The molecule has 28 heavy (non-hydrogen) atoms. The summed E-state index contributed by atoms with van der Waals surface area (Å²) in [6.07, 6.45) is 8.06. The van der Waals surface area contributed by atoms with Gasteiger partial charge in [-0.15, -0.1) is 0 Å². The van der Waals surface area contributed by atoms with E-state index in [1.807, 2.05) is 48.7 Å². The lowest BCUT2D eigenvalue weighted by molar-refractivity contribution is -0.384. The first-order chi connectivity index (χ1) is 13.7. The van der Waals surface area contributed by atoms with Gasteiger partial charge in [-0.25, -0.2) is 0 Å². The topological polar surface area (TPSA) is 48.1 Å². The minimum atomic E-state index is -0.280. The summed E-state index contributed by atoms with van der Waals surface area (Å²) in [6.45, 7) is 0. The standard InChI is InChI=1S/C24H18N2O2/c27-26(28)23-13-10-17-6-4-5-9-21(17)24(23)19-11-12-22-18(16-19)14-15-25(22)20-7-2-1-3-8-20/h1-3,5,7-16H,4,6H2. The van der Waals surface area contributed by atoms with E-state index >= 15 is 0 Å². The molecule has 0 amide bonds. The van der Waals surface area contributed by atoms with Gasteiger partial charge in [0.2, 0.25) is 0 Å². The Morgan fingerprint density at radius 2 is 1.82 bits per heavy atom. The minimum Gasteiger partial charge on any atom is -0.317 e. The zero-order valence-electron chi connectivity index (χ0n) is 15.2. The van der Waals surface area contributed by atoms with Crippen molar-refractivity contribution in [2.75, 3.05) is 0 Å². The number of allylic oxidation sites excluding steroid dienone is 1. The molecular formula is C24H18N2O2. The highest BCUT2D eigenvalue weighted by atomic mass is 16.6. The fourth-order valence-electron chi connectivity index (χ4n) is 4.07. The van der Waals surface area contributed by atoms with Crippen molar-refractivity contribution in [1.29, 1.82) is 0 Å². The third-order valence-electron chi connectivity index (χ3n) is 5.39. The van der Waals surface area contributed by atoms with E-state index in [9.17, 15) is 10.1 Å². The number of hydrogen-bond donors (Lipinski definition) is 0. The summed E-state index contributed by atoms with van der Waals surface area (Å²) in [5.41, 5.74) is 6.08. The van der Waals surface area contributed by atoms with Crippen molar-refractivity contribution in [1.82, 2.24) is 4.57 Å². The molecule has 0 spiro atoms. The van der Waals surface area contributed by atoms with E-state index in [0.717, 1.165) is 40.6 Å². The first-order valence-corrected chi connectivity index (χ1v) is 9.36. The molecule has 0 bridgehead atoms. The maximum absolute atomic E-state index is 11.7. The van der Waals surface area contributed by atoms with Crippen molar-refractivity contribution < 1.29 is 4.92 Å². The van der Waals surface area contributed by atoms with Crippen molar-refractivity contribution in [2.45, 2.75) is 12.8 Å². The van der Waals surface area contributed by atoms with Crippen LogP contribution in [0.25, 0.3) is 33.8 Å². The fourth-order valence-corrected chi connectivity index (χ4v) is 4.07. The second-order valence-corrected chi connectivity index (χ2v) is 7.03. The molecule has 0 fully saturated rings. The fraction of sp³-hybridized carbons (Fsp3) is 0.0833. The van der Waals surface area contributed by atoms with E-state index in [1.165, 1.54) is 5.56 Å². The molecule has 0 saturated carbocycles. The van der Waals surface area contributed by atoms with Crippen LogP contribution < -0.4 is 0 Å². The number of nitro benzene ring substituents is 1. The summed E-state index contributed by atoms with van der Waals surface area (Å²) in [7, 11) is 0. The number of nitro groups is 1. The quantitative estimate of drug-likeness (QED) is 0.322. The Morgan fingerprint density at radius 1 is 0.964 bits per heavy atom. The molecule has 4 aromatic rings. The summed E-state index contributed by atoms with van der Waals surface area (Å²) in [5.74, 6) is 0. The summed E-state index contributed by atoms with van der Waals surface area (Å²) in [5, 5.41) is 12.8. The number of para-hydroxylation sites is 1. The number of nitrogens with zero attached hydrogens (tertiary/aromatic N) is 2. The Labute approximate surface area is 162 Å². The number of benzene rings is 3. The Hall–Kier alpha value is -3.66. The van der Waals surface area contributed by atoms with Crippen LogP contribution in [0.1, 0.15) is 17.5 Å². The van der Waals surface area contributed by atoms with Gasteiger partial charge in [0, 0.05) is 23.3 Å². The molecule has 0 aliphatic heterocycles. The molecule has 0 atom stereocenters. The van der Waals surface area contributed by atoms with E-state index in [-0.39, 0.29) is 10.6 Å². The van der Waals surface area contributed by atoms with Gasteiger partial charge in [-0.2, -0.15) is 0 Å². The lowest BCUT2D eigenvalue weighted by Gasteiger charge is -2.16. The molecule has 5 rings (SSSR count). The van der Waals surface area contributed by atoms with Crippen molar-refractivity contribution in [3.63, 3.8) is 0 Å². The Kier molecular flexibility index (Phi) is 3.83. The number of aryl methyl sites for hydroxylation is 1. The van der Waals surface area contributed by atoms with Gasteiger partial charge >= 0.3 is 0 Å². The van der Waals surface area contributed by atoms with Crippen LogP contribution in [0.5, 0.6) is 0 Å². The molecule has 1 aliphatic carbocycles. The van der Waals surface area contributed by atoms with Crippen LogP contribution >= 0.6 is 0 Å². The normalized spacial score (nSPS) is 12.9. The van der Waals surface area contributed by atoms with Crippen molar-refractivity contribution in [2.24, 2.45) is 0 Å². The van der Waals surface area contributed by atoms with Gasteiger partial charge in [-0.3, -0.25) is 10.1 Å². The van der Waals surface area contributed by atoms with E-state index in [2.05, 4.69) is 34.9 Å². The molecule has 0 saturated heterocycles. The van der Waals surface area contributed by atoms with Gasteiger partial charge in [-0.1, -0.05) is 42.5 Å². The Morgan fingerprint density at radius 3 is 2.64 bits per heavy atom. The summed E-state index contributed by atoms with van der Waals surface area (Å²) < 4.78 is 2.13. The van der Waals surface area contributed by atoms with E-state index in [1.54, 1.807) is 6.07 Å². The minimum absolute atomic E-state index is 0.159. The third-order valence-corrected chi connectivity index (χ3v) is 5.39. The molecule has 4 nitrogen and oxygen atoms in total. The third kappa shape index (κ3) is 2.62. The van der Waals surface area contributed by atoms with Crippen LogP contribution in [-0.2, 0) is 6.42 Å². The molecule has 0 radical (unpaired) electrons. The monoisotopic (exact) mass is 366 g/mol. The smallest absolute Gasteiger partial charge is 0.277 e. The molecule has 1 aromatic heterocycles. The van der Waals surface area contributed by atoms with Gasteiger partial charge in [-0.05, 0) is 59.9 Å². The second-order valence-electron chi connectivity index (χ2n) is 7.03. The highest BCUT2D eigenvalue weighted by molar-refractivity contribution is 5.92. The van der Waals surface area contributed by atoms with Crippen LogP contribution in [-0.4, -0.2) is 9.49 Å². The van der Waals surface area contributed by atoms with E-state index in [0.29, 0.717) is 5.56 Å². The van der Waals surface area contributed by atoms with Crippen LogP contribution in [0.4, 0.5) is 5.69 Å². The molecule has 1 aliphatic rings. The number of aromatic nitrogens is 1. The molecule has 136 valence electrons. The number of hydrogen-bond acceptors (Lipinski definition) is 2. The SMILES string of the molecule is O=[N+]([O-])c1ccc2c(c1-c1ccc3c(ccn3-c3ccccc3)c1)C=CCC2. The highest BCUT2D eigenvalue weighted by Gasteiger charge is 2.22. The maximum atomic E-state index is 11.7. The molecule has 3 aromatic carbocycles. The average Bonchev–Trinajstić information content (AvgIpc) is 3.16. The molecular weight excluding hydrogens is 348 g/mol. The van der Waals surface area contributed by atoms with Gasteiger partial charge in [0.05, 0.1) is 16.0 Å². The van der Waals surface area contributed by atoms with Crippen LogP contribution in [0, 0.1) is 10.1 Å². The molecule has 1 heterocycles. The molecule has 0 unspecified atom stereocenters. The van der Waals surface area contributed by atoms with Gasteiger partial charge in [0.25, 0.3) is 5.69 Å². The predicted molar refractivity (Wildman–Crippen MR) is 113 cm³/mol. The van der Waals surface area contributed by atoms with Crippen LogP contribution in [0.15, 0.2) is 79.0 Å². The first-order valence-electron chi connectivity index (χ1n) is 9.36. The molecule has 0 N–H and O–H groups in total. The lowest BCUT2D eigenvalue weighted by Crippen LogP contribution is -2.01. The Bertz CT molecular complexity index is 1240. The van der Waals surface area contributed by atoms with Gasteiger partial charge in [0.1, 0.15) is 0 Å². The van der Waals surface area contributed by atoms with Gasteiger partial charge < -0.3 is 4.57 Å². The van der Waals surface area contributed by atoms with Crippen molar-refractivity contribution in [3.05, 3.63) is 100 Å². The second kappa shape index (κ2) is 6.50. The van der Waals surface area contributed by atoms with E-state index < -0.39 is 0 Å². The predicted octanol–water partition coefficient (Wildman–Crippen LogP) is 6.17. The number of fused-ring (bicyclic) bond motifs is 2. The van der Waals surface area contributed by atoms with E-state index in [4.69, 9.17) is 0 Å². The zero-order valence-corrected chi connectivity index (χ0v) is 15.2. The summed E-state index contributed by atoms with van der Waals surface area (Å²) in [6, 6.07) is 21.9. The van der Waals surface area contributed by atoms with Crippen LogP contribution in [0.3, 0.4) is 0 Å². The van der Waals surface area contributed by atoms with Gasteiger partial charge in [0.15, 0.2) is 0 Å². The summed E-state index contributed by atoms with van der Waals surface area (Å²) in [4.78, 5) is 11.4. The van der Waals surface area contributed by atoms with Crippen LogP contribution in [0.2, 0.25) is 0 Å². The Balaban J connectivity index is 1.71. The number of rotatable bonds is 3. The maximum Gasteiger partial charge on any atom is 0.277 e. The average molecular weight is 366 g/mol. The zero-order chi connectivity index (χ0) is 19.1. The van der Waals surface area contributed by atoms with Crippen molar-refractivity contribution in [3.8, 4) is 16.8 Å². The highest BCUT2D eigenvalue weighted by Crippen LogP contribution is 2.39.